The summed E-state index contributed by atoms with van der Waals surface area (Å²) in [4.78, 5) is 6.74. The minimum Gasteiger partial charge on any atom is -0.388 e. The second-order valence-corrected chi connectivity index (χ2v) is 9.82. The van der Waals surface area contributed by atoms with Gasteiger partial charge in [0, 0.05) is 23.8 Å². The van der Waals surface area contributed by atoms with Gasteiger partial charge in [0.2, 0.25) is 0 Å². The van der Waals surface area contributed by atoms with Gasteiger partial charge >= 0.3 is 0 Å². The topological polar surface area (TPSA) is 79.5 Å². The Morgan fingerprint density at radius 1 is 0.525 bits per heavy atom. The van der Waals surface area contributed by atoms with Crippen LogP contribution in [0.5, 0.6) is 0 Å². The molecule has 0 bridgehead atoms. The zero-order valence-corrected chi connectivity index (χ0v) is 22.4. The van der Waals surface area contributed by atoms with Gasteiger partial charge < -0.3 is 29.3 Å². The molecule has 0 spiro atoms. The predicted molar refractivity (Wildman–Crippen MR) is 156 cm³/mol. The third-order valence-corrected chi connectivity index (χ3v) is 6.92. The van der Waals surface area contributed by atoms with Gasteiger partial charge in [0.25, 0.3) is 0 Å². The third-order valence-electron chi connectivity index (χ3n) is 6.92. The Hall–Kier alpha value is -3.94. The van der Waals surface area contributed by atoms with Gasteiger partial charge in [-0.2, -0.15) is 0 Å². The highest BCUT2D eigenvalue weighted by Crippen LogP contribution is 2.33. The highest BCUT2D eigenvalue weighted by atomic mass is 16.6. The van der Waals surface area contributed by atoms with E-state index in [0.717, 1.165) is 28.1 Å². The van der Waals surface area contributed by atoms with Gasteiger partial charge in [0.15, 0.2) is 0 Å². The molecule has 0 aliphatic carbocycles. The number of hydrogen-bond acceptors (Lipinski definition) is 4. The normalized spacial score (nSPS) is 13.8. The molecule has 3 atom stereocenters. The van der Waals surface area contributed by atoms with Crippen LogP contribution in [0.1, 0.15) is 34.0 Å². The monoisotopic (exact) mass is 536 g/mol. The second-order valence-electron chi connectivity index (χ2n) is 9.82. The molecule has 0 amide bonds. The van der Waals surface area contributed by atoms with E-state index in [9.17, 15) is 5.11 Å². The van der Waals surface area contributed by atoms with Crippen LogP contribution in [0.25, 0.3) is 0 Å². The molecule has 0 saturated carbocycles. The van der Waals surface area contributed by atoms with E-state index >= 15 is 0 Å². The van der Waals surface area contributed by atoms with Gasteiger partial charge in [0.05, 0.1) is 32.3 Å². The van der Waals surface area contributed by atoms with Crippen LogP contribution in [0.2, 0.25) is 0 Å². The predicted octanol–water partition coefficient (Wildman–Crippen LogP) is 6.22. The van der Waals surface area contributed by atoms with Gasteiger partial charge in [-0.15, -0.1) is 0 Å². The summed E-state index contributed by atoms with van der Waals surface area (Å²) in [6.07, 6.45) is 1.62. The summed E-state index contributed by atoms with van der Waals surface area (Å²) in [6.45, 7) is 1.19. The number of benzene rings is 3. The van der Waals surface area contributed by atoms with Crippen LogP contribution in [0.3, 0.4) is 0 Å². The van der Waals surface area contributed by atoms with Crippen LogP contribution in [0.4, 0.5) is 0 Å². The Bertz CT molecular complexity index is 1310. The summed E-state index contributed by atoms with van der Waals surface area (Å²) in [7, 11) is 0. The molecule has 5 aromatic rings. The molecule has 3 aromatic carbocycles. The van der Waals surface area contributed by atoms with E-state index in [4.69, 9.17) is 14.2 Å². The quantitative estimate of drug-likeness (QED) is 0.148. The second kappa shape index (κ2) is 14.4. The molecule has 6 nitrogen and oxygen atoms in total. The molecule has 0 saturated heterocycles. The minimum absolute atomic E-state index is 0.0989. The fourth-order valence-electron chi connectivity index (χ4n) is 4.90. The van der Waals surface area contributed by atoms with Gasteiger partial charge in [0.1, 0.15) is 18.3 Å². The van der Waals surface area contributed by atoms with E-state index in [1.165, 1.54) is 0 Å². The zero-order chi connectivity index (χ0) is 27.4. The van der Waals surface area contributed by atoms with Crippen molar-refractivity contribution in [2.45, 2.75) is 44.1 Å². The lowest BCUT2D eigenvalue weighted by atomic mass is 9.89. The van der Waals surface area contributed by atoms with Crippen molar-refractivity contribution in [1.82, 2.24) is 9.97 Å². The first-order valence-corrected chi connectivity index (χ1v) is 13.7. The summed E-state index contributed by atoms with van der Waals surface area (Å²) < 4.78 is 19.2. The van der Waals surface area contributed by atoms with E-state index in [2.05, 4.69) is 9.97 Å². The largest absolute Gasteiger partial charge is 0.388 e. The molecule has 2 heterocycles. The van der Waals surface area contributed by atoms with Crippen LogP contribution < -0.4 is 0 Å². The SMILES string of the molecule is O[C@@H](COCc1ccccc1)[C@H](OCc1ccccc1)[C@@H](OCc1ccccc1)C(c1ccc[nH]1)c1ccc[nH]1. The Labute approximate surface area is 235 Å². The van der Waals surface area contributed by atoms with Crippen LogP contribution in [-0.4, -0.2) is 40.0 Å². The van der Waals surface area contributed by atoms with Crippen molar-refractivity contribution in [1.29, 1.82) is 0 Å². The third kappa shape index (κ3) is 7.58. The number of aliphatic hydroxyl groups is 1. The highest BCUT2D eigenvalue weighted by molar-refractivity contribution is 5.27. The smallest absolute Gasteiger partial charge is 0.113 e. The van der Waals surface area contributed by atoms with Crippen molar-refractivity contribution in [3.05, 3.63) is 156 Å². The van der Waals surface area contributed by atoms with Crippen LogP contribution in [0, 0.1) is 0 Å². The van der Waals surface area contributed by atoms with Gasteiger partial charge in [-0.25, -0.2) is 0 Å². The molecule has 2 aromatic heterocycles. The van der Waals surface area contributed by atoms with E-state index < -0.39 is 18.3 Å². The first-order chi connectivity index (χ1) is 19.8. The minimum atomic E-state index is -0.944. The molecule has 5 rings (SSSR count). The first-order valence-electron chi connectivity index (χ1n) is 13.7. The maximum atomic E-state index is 11.6. The molecule has 6 heteroatoms. The summed E-state index contributed by atoms with van der Waals surface area (Å²) in [5.74, 6) is -0.252. The fourth-order valence-corrected chi connectivity index (χ4v) is 4.90. The molecular weight excluding hydrogens is 500 g/mol. The number of nitrogens with one attached hydrogen (secondary N) is 2. The highest BCUT2D eigenvalue weighted by Gasteiger charge is 2.39. The average molecular weight is 537 g/mol. The maximum absolute atomic E-state index is 11.6. The molecule has 206 valence electrons. The summed E-state index contributed by atoms with van der Waals surface area (Å²) in [5, 5.41) is 11.6. The Morgan fingerprint density at radius 2 is 0.975 bits per heavy atom. The zero-order valence-electron chi connectivity index (χ0n) is 22.4. The number of hydrogen-bond donors (Lipinski definition) is 3. The van der Waals surface area contributed by atoms with Crippen molar-refractivity contribution in [3.8, 4) is 0 Å². The van der Waals surface area contributed by atoms with E-state index in [-0.39, 0.29) is 12.5 Å². The number of aromatic nitrogens is 2. The lowest BCUT2D eigenvalue weighted by molar-refractivity contribution is -0.151. The number of ether oxygens (including phenoxy) is 3. The van der Waals surface area contributed by atoms with Crippen molar-refractivity contribution in [2.75, 3.05) is 6.61 Å². The number of rotatable bonds is 15. The van der Waals surface area contributed by atoms with Crippen molar-refractivity contribution < 1.29 is 19.3 Å². The molecular formula is C34H36N2O4. The Balaban J connectivity index is 1.44. The lowest BCUT2D eigenvalue weighted by Crippen LogP contribution is -2.47. The number of aliphatic hydroxyl groups excluding tert-OH is 1. The van der Waals surface area contributed by atoms with Gasteiger partial charge in [-0.05, 0) is 41.0 Å². The molecule has 0 aliphatic rings. The molecule has 40 heavy (non-hydrogen) atoms. The average Bonchev–Trinajstić information content (AvgIpc) is 3.73. The Morgan fingerprint density at radius 3 is 1.43 bits per heavy atom. The van der Waals surface area contributed by atoms with E-state index in [0.29, 0.717) is 19.8 Å². The summed E-state index contributed by atoms with van der Waals surface area (Å²) >= 11 is 0. The number of aromatic amines is 2. The first kappa shape index (κ1) is 27.6. The summed E-state index contributed by atoms with van der Waals surface area (Å²) in [5.41, 5.74) is 5.03. The molecule has 0 radical (unpaired) electrons. The molecule has 3 N–H and O–H groups in total. The fraction of sp³-hybridized carbons (Fsp3) is 0.235. The van der Waals surface area contributed by atoms with E-state index in [1.54, 1.807) is 0 Å². The summed E-state index contributed by atoms with van der Waals surface area (Å²) in [6, 6.07) is 38.0. The number of H-pyrrole nitrogens is 2. The van der Waals surface area contributed by atoms with Gasteiger partial charge in [-0.3, -0.25) is 0 Å². The Kier molecular flexibility index (Phi) is 9.98. The molecule has 0 unspecified atom stereocenters. The van der Waals surface area contributed by atoms with Crippen LogP contribution in [0.15, 0.2) is 128 Å². The lowest BCUT2D eigenvalue weighted by Gasteiger charge is -2.35. The molecule has 0 fully saturated rings. The van der Waals surface area contributed by atoms with E-state index in [1.807, 2.05) is 128 Å². The van der Waals surface area contributed by atoms with Gasteiger partial charge in [-0.1, -0.05) is 91.0 Å². The van der Waals surface area contributed by atoms with Crippen LogP contribution >= 0.6 is 0 Å². The van der Waals surface area contributed by atoms with Crippen molar-refractivity contribution in [2.24, 2.45) is 0 Å². The standard InChI is InChI=1S/C34H36N2O4/c37-31(25-38-22-26-12-4-1-5-13-26)33(39-23-27-14-6-2-7-15-27)34(40-24-28-16-8-3-9-17-28)32(29-18-10-20-35-29)30-19-11-21-36-30/h1-21,31-37H,22-25H2/t31-,33-,34-/m0/s1. The van der Waals surface area contributed by atoms with Crippen LogP contribution in [-0.2, 0) is 34.0 Å². The van der Waals surface area contributed by atoms with Crippen molar-refractivity contribution >= 4 is 0 Å². The maximum Gasteiger partial charge on any atom is 0.113 e. The van der Waals surface area contributed by atoms with Crippen molar-refractivity contribution in [3.63, 3.8) is 0 Å². The molecule has 0 aliphatic heterocycles.